The number of ether oxygens (including phenoxy) is 1. The van der Waals surface area contributed by atoms with Crippen molar-refractivity contribution in [2.75, 3.05) is 32.8 Å². The quantitative estimate of drug-likeness (QED) is 0.695. The summed E-state index contributed by atoms with van der Waals surface area (Å²) in [6.45, 7) is 11.0. The summed E-state index contributed by atoms with van der Waals surface area (Å²) in [5, 5.41) is 9.91. The lowest BCUT2D eigenvalue weighted by atomic mass is 9.92. The van der Waals surface area contributed by atoms with Gasteiger partial charge in [-0.05, 0) is 24.7 Å². The summed E-state index contributed by atoms with van der Waals surface area (Å²) >= 11 is 0. The smallest absolute Gasteiger partial charge is 0.0900 e. The number of aliphatic hydroxyl groups is 1. The third-order valence-electron chi connectivity index (χ3n) is 3.37. The second-order valence-corrected chi connectivity index (χ2v) is 5.75. The van der Waals surface area contributed by atoms with Crippen molar-refractivity contribution >= 4 is 0 Å². The van der Waals surface area contributed by atoms with Crippen LogP contribution in [0.4, 0.5) is 0 Å². The molecule has 1 fully saturated rings. The second-order valence-electron chi connectivity index (χ2n) is 5.75. The van der Waals surface area contributed by atoms with Gasteiger partial charge in [0.1, 0.15) is 0 Å². The van der Waals surface area contributed by atoms with E-state index in [1.165, 1.54) is 6.42 Å². The maximum atomic E-state index is 9.91. The van der Waals surface area contributed by atoms with Gasteiger partial charge in [0, 0.05) is 26.2 Å². The molecule has 3 nitrogen and oxygen atoms in total. The fourth-order valence-electron chi connectivity index (χ4n) is 2.76. The van der Waals surface area contributed by atoms with Gasteiger partial charge in [0.05, 0.1) is 12.7 Å². The van der Waals surface area contributed by atoms with Crippen LogP contribution in [0.5, 0.6) is 0 Å². The first-order chi connectivity index (χ1) is 8.11. The number of hydrogen-bond donors (Lipinski definition) is 1. The first-order valence-electron chi connectivity index (χ1n) is 7.10. The highest BCUT2D eigenvalue weighted by atomic mass is 16.5. The van der Waals surface area contributed by atoms with Crippen LogP contribution in [0.3, 0.4) is 0 Å². The van der Waals surface area contributed by atoms with E-state index in [4.69, 9.17) is 4.74 Å². The van der Waals surface area contributed by atoms with Crippen LogP contribution in [0.25, 0.3) is 0 Å². The van der Waals surface area contributed by atoms with E-state index in [0.717, 1.165) is 50.9 Å². The van der Waals surface area contributed by atoms with Crippen molar-refractivity contribution < 1.29 is 9.84 Å². The largest absolute Gasteiger partial charge is 0.389 e. The van der Waals surface area contributed by atoms with Gasteiger partial charge < -0.3 is 14.7 Å². The van der Waals surface area contributed by atoms with Gasteiger partial charge >= 0.3 is 0 Å². The monoisotopic (exact) mass is 243 g/mol. The number of nitrogens with zero attached hydrogens (tertiary/aromatic N) is 1. The van der Waals surface area contributed by atoms with Crippen LogP contribution < -0.4 is 0 Å². The fourth-order valence-corrected chi connectivity index (χ4v) is 2.76. The number of unbranched alkanes of at least 4 members (excludes halogenated alkanes) is 1. The molecule has 0 aromatic rings. The van der Waals surface area contributed by atoms with Gasteiger partial charge in [-0.1, -0.05) is 27.2 Å². The molecule has 102 valence electrons. The molecule has 3 atom stereocenters. The highest BCUT2D eigenvalue weighted by Gasteiger charge is 2.23. The minimum atomic E-state index is -0.329. The molecule has 1 N–H and O–H groups in total. The van der Waals surface area contributed by atoms with Gasteiger partial charge in [0.2, 0.25) is 0 Å². The lowest BCUT2D eigenvalue weighted by Crippen LogP contribution is -2.43. The van der Waals surface area contributed by atoms with Crippen molar-refractivity contribution in [3.8, 4) is 0 Å². The van der Waals surface area contributed by atoms with Crippen molar-refractivity contribution in [3.05, 3.63) is 0 Å². The third-order valence-corrected chi connectivity index (χ3v) is 3.37. The summed E-state index contributed by atoms with van der Waals surface area (Å²) < 4.78 is 5.45. The van der Waals surface area contributed by atoms with E-state index >= 15 is 0 Å². The Morgan fingerprint density at radius 2 is 1.94 bits per heavy atom. The topological polar surface area (TPSA) is 32.7 Å². The van der Waals surface area contributed by atoms with E-state index in [1.54, 1.807) is 0 Å². The summed E-state index contributed by atoms with van der Waals surface area (Å²) in [5.41, 5.74) is 0. The Kier molecular flexibility index (Phi) is 7.09. The molecule has 0 amide bonds. The summed E-state index contributed by atoms with van der Waals surface area (Å²) in [4.78, 5) is 2.38. The molecule has 1 aliphatic heterocycles. The lowest BCUT2D eigenvalue weighted by Gasteiger charge is -2.35. The van der Waals surface area contributed by atoms with E-state index in [0.29, 0.717) is 6.61 Å². The molecule has 1 rings (SSSR count). The molecule has 17 heavy (non-hydrogen) atoms. The zero-order valence-electron chi connectivity index (χ0n) is 11.7. The molecule has 1 saturated heterocycles. The zero-order valence-corrected chi connectivity index (χ0v) is 11.7. The number of aliphatic hydroxyl groups excluding tert-OH is 1. The van der Waals surface area contributed by atoms with Crippen molar-refractivity contribution in [2.45, 2.75) is 46.1 Å². The van der Waals surface area contributed by atoms with Gasteiger partial charge in [-0.2, -0.15) is 0 Å². The Labute approximate surface area is 106 Å². The standard InChI is InChI=1S/C14H29NO2/c1-4-5-6-17-11-14(16)10-15-8-12(2)7-13(3)9-15/h12-14,16H,4-11H2,1-3H3/t12-,13-,14+/m0/s1. The molecule has 0 radical (unpaired) electrons. The van der Waals surface area contributed by atoms with Gasteiger partial charge in [0.15, 0.2) is 0 Å². The van der Waals surface area contributed by atoms with E-state index in [2.05, 4.69) is 25.7 Å². The van der Waals surface area contributed by atoms with Crippen LogP contribution in [0, 0.1) is 11.8 Å². The Bertz CT molecular complexity index is 189. The minimum Gasteiger partial charge on any atom is -0.389 e. The fraction of sp³-hybridized carbons (Fsp3) is 1.00. The molecule has 0 aromatic carbocycles. The first-order valence-corrected chi connectivity index (χ1v) is 7.10. The number of likely N-dealkylation sites (tertiary alicyclic amines) is 1. The van der Waals surface area contributed by atoms with Gasteiger partial charge in [-0.3, -0.25) is 0 Å². The zero-order chi connectivity index (χ0) is 12.7. The van der Waals surface area contributed by atoms with Crippen LogP contribution in [-0.2, 0) is 4.74 Å². The molecule has 1 aliphatic rings. The average molecular weight is 243 g/mol. The number of rotatable bonds is 7. The molecule has 0 saturated carbocycles. The number of β-amino-alcohol motifs (C(OH)–C–C–N with tert-alkyl or cyclic N) is 1. The van der Waals surface area contributed by atoms with Crippen LogP contribution in [0.15, 0.2) is 0 Å². The second kappa shape index (κ2) is 8.06. The Balaban J connectivity index is 2.14. The predicted molar refractivity (Wildman–Crippen MR) is 71.1 cm³/mol. The van der Waals surface area contributed by atoms with E-state index < -0.39 is 0 Å². The van der Waals surface area contributed by atoms with Gasteiger partial charge in [-0.25, -0.2) is 0 Å². The number of piperidine rings is 1. The Morgan fingerprint density at radius 1 is 1.29 bits per heavy atom. The SMILES string of the molecule is CCCCOC[C@H](O)CN1C[C@@H](C)C[C@H](C)C1. The third kappa shape index (κ3) is 6.39. The molecular weight excluding hydrogens is 214 g/mol. The van der Waals surface area contributed by atoms with Gasteiger partial charge in [-0.15, -0.1) is 0 Å². The normalized spacial score (nSPS) is 28.2. The summed E-state index contributed by atoms with van der Waals surface area (Å²) in [6, 6.07) is 0. The van der Waals surface area contributed by atoms with E-state index in [-0.39, 0.29) is 6.10 Å². The molecule has 0 spiro atoms. The summed E-state index contributed by atoms with van der Waals surface area (Å²) in [5.74, 6) is 1.51. The molecule has 0 aromatic heterocycles. The van der Waals surface area contributed by atoms with E-state index in [9.17, 15) is 5.11 Å². The molecule has 0 aliphatic carbocycles. The van der Waals surface area contributed by atoms with Crippen molar-refractivity contribution in [3.63, 3.8) is 0 Å². The summed E-state index contributed by atoms with van der Waals surface area (Å²) in [7, 11) is 0. The van der Waals surface area contributed by atoms with E-state index in [1.807, 2.05) is 0 Å². The maximum absolute atomic E-state index is 9.91. The minimum absolute atomic E-state index is 0.329. The van der Waals surface area contributed by atoms with Crippen LogP contribution >= 0.6 is 0 Å². The summed E-state index contributed by atoms with van der Waals surface area (Å²) in [6.07, 6.45) is 3.23. The van der Waals surface area contributed by atoms with Crippen LogP contribution in [-0.4, -0.2) is 49.0 Å². The van der Waals surface area contributed by atoms with Crippen molar-refractivity contribution in [1.29, 1.82) is 0 Å². The molecular formula is C14H29NO2. The average Bonchev–Trinajstić information content (AvgIpc) is 2.23. The van der Waals surface area contributed by atoms with Crippen molar-refractivity contribution in [2.24, 2.45) is 11.8 Å². The highest BCUT2D eigenvalue weighted by Crippen LogP contribution is 2.20. The van der Waals surface area contributed by atoms with Gasteiger partial charge in [0.25, 0.3) is 0 Å². The predicted octanol–water partition coefficient (Wildman–Crippen LogP) is 2.14. The van der Waals surface area contributed by atoms with Crippen molar-refractivity contribution in [1.82, 2.24) is 4.90 Å². The molecule has 3 heteroatoms. The molecule has 0 bridgehead atoms. The lowest BCUT2D eigenvalue weighted by molar-refractivity contribution is 0.00405. The molecule has 1 heterocycles. The highest BCUT2D eigenvalue weighted by molar-refractivity contribution is 4.76. The van der Waals surface area contributed by atoms with Crippen LogP contribution in [0.1, 0.15) is 40.0 Å². The van der Waals surface area contributed by atoms with Crippen LogP contribution in [0.2, 0.25) is 0 Å². The Morgan fingerprint density at radius 3 is 2.53 bits per heavy atom. The number of hydrogen-bond acceptors (Lipinski definition) is 3. The maximum Gasteiger partial charge on any atom is 0.0900 e. The molecule has 0 unspecified atom stereocenters. The first kappa shape index (κ1) is 14.9. The Hall–Kier alpha value is -0.120.